The van der Waals surface area contributed by atoms with Crippen LogP contribution in [0.15, 0.2) is 84.9 Å². The van der Waals surface area contributed by atoms with Crippen LogP contribution in [0.25, 0.3) is 0 Å². The summed E-state index contributed by atoms with van der Waals surface area (Å²) in [6, 6.07) is 28.7. The van der Waals surface area contributed by atoms with Gasteiger partial charge in [-0.15, -0.1) is 0 Å². The van der Waals surface area contributed by atoms with E-state index in [1.165, 1.54) is 11.1 Å². The van der Waals surface area contributed by atoms with Crippen molar-refractivity contribution in [1.29, 1.82) is 0 Å². The molecule has 4 nitrogen and oxygen atoms in total. The molecule has 0 bridgehead atoms. The first-order valence-corrected chi connectivity index (χ1v) is 13.2. The van der Waals surface area contributed by atoms with Crippen molar-refractivity contribution in [3.05, 3.63) is 107 Å². The lowest BCUT2D eigenvalue weighted by molar-refractivity contribution is -0.0270. The molecule has 1 heterocycles. The molecule has 1 N–H and O–H groups in total. The molecule has 4 heteroatoms. The molecule has 4 rings (SSSR count). The molecule has 0 spiro atoms. The lowest BCUT2D eigenvalue weighted by Gasteiger charge is -2.34. The van der Waals surface area contributed by atoms with Crippen molar-refractivity contribution in [1.82, 2.24) is 4.90 Å². The maximum absolute atomic E-state index is 13.0. The van der Waals surface area contributed by atoms with E-state index in [9.17, 15) is 9.90 Å². The highest BCUT2D eigenvalue weighted by Gasteiger charge is 2.26. The van der Waals surface area contributed by atoms with Gasteiger partial charge in [0.15, 0.2) is 5.78 Å². The Hall–Kier alpha value is -2.79. The smallest absolute Gasteiger partial charge is 0.163 e. The number of carbonyl (C=O) groups excluding carboxylic acids is 1. The van der Waals surface area contributed by atoms with Gasteiger partial charge in [0, 0.05) is 30.5 Å². The molecule has 0 aliphatic carbocycles. The number of benzene rings is 3. The number of ketones is 1. The van der Waals surface area contributed by atoms with E-state index in [1.807, 2.05) is 50.2 Å². The number of Topliss-reactive ketones (excluding diaryl/α,β-unsaturated/α-hetero) is 1. The highest BCUT2D eigenvalue weighted by molar-refractivity contribution is 5.97. The average Bonchev–Trinajstić information content (AvgIpc) is 2.93. The third-order valence-electron chi connectivity index (χ3n) is 7.30. The standard InChI is InChI=1S/C32H39NO3/c1-32(2,24-34)29-17-10-9-16-28(29)30(35)18-11-21-33-22-19-27(20-23-33)36-31(25-12-5-3-6-13-25)26-14-7-4-8-15-26/h3-10,12-17,27,31,34H,11,18-24H2,1-2H3. The number of nitrogens with zero attached hydrogens (tertiary/aromatic N) is 1. The summed E-state index contributed by atoms with van der Waals surface area (Å²) in [5, 5.41) is 9.78. The topological polar surface area (TPSA) is 49.8 Å². The molecule has 1 saturated heterocycles. The predicted molar refractivity (Wildman–Crippen MR) is 145 cm³/mol. The Kier molecular flexibility index (Phi) is 9.08. The third-order valence-corrected chi connectivity index (χ3v) is 7.30. The van der Waals surface area contributed by atoms with Crippen LogP contribution in [0, 0.1) is 0 Å². The molecule has 0 unspecified atom stereocenters. The number of aliphatic hydroxyl groups excluding tert-OH is 1. The zero-order valence-corrected chi connectivity index (χ0v) is 21.6. The number of rotatable bonds is 11. The van der Waals surface area contributed by atoms with Crippen LogP contribution in [0.4, 0.5) is 0 Å². The summed E-state index contributed by atoms with van der Waals surface area (Å²) in [6.07, 6.45) is 3.54. The summed E-state index contributed by atoms with van der Waals surface area (Å²) in [4.78, 5) is 15.4. The van der Waals surface area contributed by atoms with E-state index in [0.29, 0.717) is 6.42 Å². The Balaban J connectivity index is 1.28. The van der Waals surface area contributed by atoms with E-state index in [-0.39, 0.29) is 24.6 Å². The molecule has 0 amide bonds. The summed E-state index contributed by atoms with van der Waals surface area (Å²) < 4.78 is 6.67. The molecule has 3 aromatic carbocycles. The molecular weight excluding hydrogens is 446 g/mol. The van der Waals surface area contributed by atoms with Gasteiger partial charge in [-0.2, -0.15) is 0 Å². The van der Waals surface area contributed by atoms with Gasteiger partial charge in [-0.1, -0.05) is 98.8 Å². The third kappa shape index (κ3) is 6.70. The first kappa shape index (κ1) is 26.3. The molecule has 0 atom stereocenters. The zero-order chi connectivity index (χ0) is 25.4. The van der Waals surface area contributed by atoms with Crippen LogP contribution in [0.2, 0.25) is 0 Å². The number of carbonyl (C=O) groups is 1. The van der Waals surface area contributed by atoms with Crippen LogP contribution in [0.1, 0.15) is 72.7 Å². The van der Waals surface area contributed by atoms with Gasteiger partial charge >= 0.3 is 0 Å². The van der Waals surface area contributed by atoms with Gasteiger partial charge in [-0.25, -0.2) is 0 Å². The van der Waals surface area contributed by atoms with Crippen LogP contribution >= 0.6 is 0 Å². The molecule has 0 radical (unpaired) electrons. The predicted octanol–water partition coefficient (Wildman–Crippen LogP) is 6.19. The quantitative estimate of drug-likeness (QED) is 0.329. The molecule has 190 valence electrons. The van der Waals surface area contributed by atoms with Crippen LogP contribution in [-0.4, -0.2) is 48.1 Å². The lowest BCUT2D eigenvalue weighted by atomic mass is 9.81. The van der Waals surface area contributed by atoms with Crippen LogP contribution in [0.3, 0.4) is 0 Å². The lowest BCUT2D eigenvalue weighted by Crippen LogP contribution is -2.38. The minimum Gasteiger partial charge on any atom is -0.395 e. The number of hydrogen-bond acceptors (Lipinski definition) is 4. The van der Waals surface area contributed by atoms with Crippen molar-refractivity contribution >= 4 is 5.78 Å². The molecule has 0 aromatic heterocycles. The highest BCUT2D eigenvalue weighted by Crippen LogP contribution is 2.30. The van der Waals surface area contributed by atoms with E-state index in [4.69, 9.17) is 4.74 Å². The molecule has 3 aromatic rings. The molecule has 1 aliphatic heterocycles. The minimum atomic E-state index is -0.425. The molecule has 0 saturated carbocycles. The largest absolute Gasteiger partial charge is 0.395 e. The van der Waals surface area contributed by atoms with Crippen LogP contribution in [-0.2, 0) is 10.2 Å². The van der Waals surface area contributed by atoms with Gasteiger partial charge < -0.3 is 14.7 Å². The summed E-state index contributed by atoms with van der Waals surface area (Å²) in [7, 11) is 0. The van der Waals surface area contributed by atoms with Gasteiger partial charge in [0.25, 0.3) is 0 Å². The number of aliphatic hydroxyl groups is 1. The van der Waals surface area contributed by atoms with Crippen LogP contribution in [0.5, 0.6) is 0 Å². The average molecular weight is 486 g/mol. The summed E-state index contributed by atoms with van der Waals surface area (Å²) >= 11 is 0. The summed E-state index contributed by atoms with van der Waals surface area (Å²) in [5.74, 6) is 0.166. The van der Waals surface area contributed by atoms with Crippen molar-refractivity contribution in [2.24, 2.45) is 0 Å². The van der Waals surface area contributed by atoms with Crippen LogP contribution < -0.4 is 0 Å². The number of likely N-dealkylation sites (tertiary alicyclic amines) is 1. The Morgan fingerprint density at radius 2 is 1.47 bits per heavy atom. The molecule has 36 heavy (non-hydrogen) atoms. The summed E-state index contributed by atoms with van der Waals surface area (Å²) in [5.41, 5.74) is 3.63. The Morgan fingerprint density at radius 3 is 2.06 bits per heavy atom. The van der Waals surface area contributed by atoms with Crippen molar-refractivity contribution in [2.45, 2.75) is 57.2 Å². The SMILES string of the molecule is CC(C)(CO)c1ccccc1C(=O)CCCN1CCC(OC(c2ccccc2)c2ccccc2)CC1. The maximum Gasteiger partial charge on any atom is 0.163 e. The Labute approximate surface area is 215 Å². The van der Waals surface area contributed by atoms with Gasteiger partial charge in [-0.3, -0.25) is 4.79 Å². The number of ether oxygens (including phenoxy) is 1. The first-order chi connectivity index (χ1) is 17.5. The van der Waals surface area contributed by atoms with Crippen molar-refractivity contribution in [2.75, 3.05) is 26.2 Å². The zero-order valence-electron chi connectivity index (χ0n) is 21.6. The number of hydrogen-bond donors (Lipinski definition) is 1. The molecule has 1 fully saturated rings. The van der Waals surface area contributed by atoms with Gasteiger partial charge in [0.05, 0.1) is 12.7 Å². The molecular formula is C32H39NO3. The summed E-state index contributed by atoms with van der Waals surface area (Å²) in [6.45, 7) is 6.87. The van der Waals surface area contributed by atoms with Crippen molar-refractivity contribution < 1.29 is 14.6 Å². The second-order valence-corrected chi connectivity index (χ2v) is 10.5. The fraction of sp³-hybridized carbons (Fsp3) is 0.406. The van der Waals surface area contributed by atoms with E-state index >= 15 is 0 Å². The fourth-order valence-electron chi connectivity index (χ4n) is 5.07. The van der Waals surface area contributed by atoms with Crippen molar-refractivity contribution in [3.63, 3.8) is 0 Å². The molecule has 1 aliphatic rings. The van der Waals surface area contributed by atoms with E-state index < -0.39 is 5.41 Å². The van der Waals surface area contributed by atoms with E-state index in [2.05, 4.69) is 53.4 Å². The number of piperidine rings is 1. The highest BCUT2D eigenvalue weighted by atomic mass is 16.5. The monoisotopic (exact) mass is 485 g/mol. The normalized spacial score (nSPS) is 15.3. The Bertz CT molecular complexity index is 1050. The maximum atomic E-state index is 13.0. The second kappa shape index (κ2) is 12.4. The Morgan fingerprint density at radius 1 is 0.917 bits per heavy atom. The fourth-order valence-corrected chi connectivity index (χ4v) is 5.07. The van der Waals surface area contributed by atoms with E-state index in [1.54, 1.807) is 0 Å². The van der Waals surface area contributed by atoms with Crippen molar-refractivity contribution in [3.8, 4) is 0 Å². The first-order valence-electron chi connectivity index (χ1n) is 13.2. The van der Waals surface area contributed by atoms with Gasteiger partial charge in [0.1, 0.15) is 6.10 Å². The van der Waals surface area contributed by atoms with E-state index in [0.717, 1.165) is 50.0 Å². The van der Waals surface area contributed by atoms with Gasteiger partial charge in [0.2, 0.25) is 0 Å². The van der Waals surface area contributed by atoms with Gasteiger partial charge in [-0.05, 0) is 42.5 Å². The minimum absolute atomic E-state index is 0.0176. The second-order valence-electron chi connectivity index (χ2n) is 10.5.